The molecule has 1 aliphatic heterocycles. The average Bonchev–Trinajstić information content (AvgIpc) is 2.91. The molecule has 132 valence electrons. The van der Waals surface area contributed by atoms with E-state index in [4.69, 9.17) is 4.74 Å². The van der Waals surface area contributed by atoms with E-state index < -0.39 is 11.7 Å². The number of carbonyl (C=O) groups is 3. The Morgan fingerprint density at radius 2 is 1.76 bits per heavy atom. The van der Waals surface area contributed by atoms with Crippen molar-refractivity contribution in [2.75, 3.05) is 20.2 Å². The van der Waals surface area contributed by atoms with Crippen molar-refractivity contribution in [3.8, 4) is 0 Å². The van der Waals surface area contributed by atoms with Gasteiger partial charge >= 0.3 is 5.97 Å². The molecule has 0 saturated carbocycles. The average molecular weight is 342 g/mol. The zero-order chi connectivity index (χ0) is 18.1. The lowest BCUT2D eigenvalue weighted by atomic mass is 9.96. The lowest BCUT2D eigenvalue weighted by Crippen LogP contribution is -2.43. The van der Waals surface area contributed by atoms with Gasteiger partial charge in [-0.15, -0.1) is 0 Å². The molecule has 0 unspecified atom stereocenters. The molecule has 1 saturated heterocycles. The summed E-state index contributed by atoms with van der Waals surface area (Å²) in [6, 6.07) is 7.58. The number of fused-ring (bicyclic) bond motifs is 1. The van der Waals surface area contributed by atoms with Crippen LogP contribution in [0.4, 0.5) is 0 Å². The number of hydrogen-bond donors (Lipinski definition) is 0. The fourth-order valence-corrected chi connectivity index (χ4v) is 3.54. The van der Waals surface area contributed by atoms with Crippen molar-refractivity contribution in [3.05, 3.63) is 35.5 Å². The molecule has 0 bridgehead atoms. The number of ether oxygens (including phenoxy) is 1. The largest absolute Gasteiger partial charge is 0.469 e. The molecule has 0 atom stereocenters. The molecule has 3 rings (SSSR count). The second kappa shape index (κ2) is 6.70. The van der Waals surface area contributed by atoms with Gasteiger partial charge in [0.15, 0.2) is 0 Å². The fourth-order valence-electron chi connectivity index (χ4n) is 3.54. The summed E-state index contributed by atoms with van der Waals surface area (Å²) in [5, 5.41) is 0.797. The van der Waals surface area contributed by atoms with Crippen LogP contribution in [0, 0.1) is 12.8 Å². The van der Waals surface area contributed by atoms with Gasteiger partial charge in [-0.3, -0.25) is 14.4 Å². The van der Waals surface area contributed by atoms with Crippen molar-refractivity contribution in [2.45, 2.75) is 19.8 Å². The van der Waals surface area contributed by atoms with Crippen molar-refractivity contribution in [1.82, 2.24) is 9.47 Å². The minimum absolute atomic E-state index is 0.191. The fraction of sp³-hybridized carbons (Fsp3) is 0.421. The highest BCUT2D eigenvalue weighted by molar-refractivity contribution is 6.45. The molecular formula is C19H22N2O4. The third-order valence-corrected chi connectivity index (χ3v) is 5.14. The maximum Gasteiger partial charge on any atom is 0.308 e. The van der Waals surface area contributed by atoms with Crippen molar-refractivity contribution in [2.24, 2.45) is 13.0 Å². The van der Waals surface area contributed by atoms with Crippen molar-refractivity contribution < 1.29 is 19.1 Å². The van der Waals surface area contributed by atoms with Gasteiger partial charge in [-0.1, -0.05) is 18.2 Å². The highest BCUT2D eigenvalue weighted by Crippen LogP contribution is 2.26. The molecule has 1 aliphatic rings. The van der Waals surface area contributed by atoms with Gasteiger partial charge in [0.1, 0.15) is 0 Å². The number of esters is 1. The molecule has 1 aromatic carbocycles. The molecule has 0 N–H and O–H groups in total. The van der Waals surface area contributed by atoms with E-state index in [0.717, 1.165) is 16.6 Å². The van der Waals surface area contributed by atoms with Gasteiger partial charge < -0.3 is 14.2 Å². The number of amides is 1. The van der Waals surface area contributed by atoms with Crippen LogP contribution in [0.15, 0.2) is 24.3 Å². The summed E-state index contributed by atoms with van der Waals surface area (Å²) in [5.41, 5.74) is 2.18. The van der Waals surface area contributed by atoms with E-state index >= 15 is 0 Å². The number of hydrogen-bond acceptors (Lipinski definition) is 4. The number of aryl methyl sites for hydroxylation is 1. The van der Waals surface area contributed by atoms with Crippen LogP contribution in [0.1, 0.15) is 28.9 Å². The SMILES string of the molecule is COC(=O)C1CCN(C(=O)C(=O)c2c(C)n(C)c3ccccc23)CC1. The van der Waals surface area contributed by atoms with E-state index in [9.17, 15) is 14.4 Å². The molecule has 2 aromatic rings. The molecule has 1 aromatic heterocycles. The van der Waals surface area contributed by atoms with Crippen LogP contribution >= 0.6 is 0 Å². The summed E-state index contributed by atoms with van der Waals surface area (Å²) >= 11 is 0. The van der Waals surface area contributed by atoms with E-state index in [1.807, 2.05) is 42.8 Å². The highest BCUT2D eigenvalue weighted by atomic mass is 16.5. The first-order valence-corrected chi connectivity index (χ1v) is 8.41. The Kier molecular flexibility index (Phi) is 4.61. The van der Waals surface area contributed by atoms with Gasteiger partial charge in [-0.25, -0.2) is 0 Å². The lowest BCUT2D eigenvalue weighted by molar-refractivity contribution is -0.148. The number of nitrogens with zero attached hydrogens (tertiary/aromatic N) is 2. The third kappa shape index (κ3) is 2.92. The number of carbonyl (C=O) groups excluding carboxylic acids is 3. The predicted octanol–water partition coefficient (Wildman–Crippen LogP) is 2.08. The Morgan fingerprint density at radius 1 is 1.12 bits per heavy atom. The van der Waals surface area contributed by atoms with Crippen LogP contribution in [-0.2, 0) is 21.4 Å². The number of benzene rings is 1. The first kappa shape index (κ1) is 17.2. The third-order valence-electron chi connectivity index (χ3n) is 5.14. The minimum Gasteiger partial charge on any atom is -0.469 e. The molecule has 0 spiro atoms. The Hall–Kier alpha value is -2.63. The quantitative estimate of drug-likeness (QED) is 0.486. The predicted molar refractivity (Wildman–Crippen MR) is 93.3 cm³/mol. The first-order valence-electron chi connectivity index (χ1n) is 8.41. The van der Waals surface area contributed by atoms with E-state index in [1.54, 1.807) is 4.90 Å². The summed E-state index contributed by atoms with van der Waals surface area (Å²) in [6.07, 6.45) is 1.06. The second-order valence-corrected chi connectivity index (χ2v) is 6.46. The zero-order valence-electron chi connectivity index (χ0n) is 14.7. The van der Waals surface area contributed by atoms with Crippen LogP contribution < -0.4 is 0 Å². The summed E-state index contributed by atoms with van der Waals surface area (Å²) in [7, 11) is 3.26. The number of ketones is 1. The Bertz CT molecular complexity index is 844. The van der Waals surface area contributed by atoms with Gasteiger partial charge in [0, 0.05) is 36.7 Å². The number of piperidine rings is 1. The van der Waals surface area contributed by atoms with Gasteiger partial charge in [-0.05, 0) is 25.8 Å². The smallest absolute Gasteiger partial charge is 0.308 e. The minimum atomic E-state index is -0.497. The normalized spacial score (nSPS) is 15.4. The zero-order valence-corrected chi connectivity index (χ0v) is 14.7. The number of para-hydroxylation sites is 1. The van der Waals surface area contributed by atoms with E-state index in [0.29, 0.717) is 31.5 Å². The second-order valence-electron chi connectivity index (χ2n) is 6.46. The molecule has 0 radical (unpaired) electrons. The molecule has 1 fully saturated rings. The topological polar surface area (TPSA) is 68.6 Å². The van der Waals surface area contributed by atoms with Crippen molar-refractivity contribution >= 4 is 28.6 Å². The Morgan fingerprint density at radius 3 is 2.40 bits per heavy atom. The van der Waals surface area contributed by atoms with Crippen LogP contribution in [0.25, 0.3) is 10.9 Å². The summed E-state index contributed by atoms with van der Waals surface area (Å²) in [6.45, 7) is 2.65. The highest BCUT2D eigenvalue weighted by Gasteiger charge is 2.32. The van der Waals surface area contributed by atoms with Crippen LogP contribution in [0.2, 0.25) is 0 Å². The van der Waals surface area contributed by atoms with Gasteiger partial charge in [0.2, 0.25) is 0 Å². The summed E-state index contributed by atoms with van der Waals surface area (Å²) in [5.74, 6) is -1.42. The molecule has 25 heavy (non-hydrogen) atoms. The summed E-state index contributed by atoms with van der Waals surface area (Å²) < 4.78 is 6.69. The molecule has 6 heteroatoms. The lowest BCUT2D eigenvalue weighted by Gasteiger charge is -2.30. The van der Waals surface area contributed by atoms with Crippen LogP contribution in [0.3, 0.4) is 0 Å². The van der Waals surface area contributed by atoms with Gasteiger partial charge in [0.05, 0.1) is 18.6 Å². The summed E-state index contributed by atoms with van der Waals surface area (Å²) in [4.78, 5) is 38.7. The molecule has 1 amide bonds. The maximum atomic E-state index is 12.9. The van der Waals surface area contributed by atoms with Crippen molar-refractivity contribution in [1.29, 1.82) is 0 Å². The number of rotatable bonds is 3. The number of methoxy groups -OCH3 is 1. The standard InChI is InChI=1S/C19H22N2O4/c1-12-16(14-6-4-5-7-15(14)20(12)2)17(22)18(23)21-10-8-13(9-11-21)19(24)25-3/h4-7,13H,8-11H2,1-3H3. The molecule has 0 aliphatic carbocycles. The Balaban J connectivity index is 1.82. The van der Waals surface area contributed by atoms with Gasteiger partial charge in [-0.2, -0.15) is 0 Å². The molecule has 2 heterocycles. The first-order chi connectivity index (χ1) is 12.0. The van der Waals surface area contributed by atoms with Crippen LogP contribution in [0.5, 0.6) is 0 Å². The number of aromatic nitrogens is 1. The van der Waals surface area contributed by atoms with E-state index in [-0.39, 0.29) is 11.9 Å². The van der Waals surface area contributed by atoms with E-state index in [2.05, 4.69) is 0 Å². The Labute approximate surface area is 146 Å². The number of likely N-dealkylation sites (tertiary alicyclic amines) is 1. The van der Waals surface area contributed by atoms with Crippen molar-refractivity contribution in [3.63, 3.8) is 0 Å². The maximum absolute atomic E-state index is 12.9. The van der Waals surface area contributed by atoms with E-state index in [1.165, 1.54) is 7.11 Å². The molecule has 6 nitrogen and oxygen atoms in total. The van der Waals surface area contributed by atoms with Gasteiger partial charge in [0.25, 0.3) is 11.7 Å². The van der Waals surface area contributed by atoms with Crippen LogP contribution in [-0.4, -0.2) is 47.3 Å². The monoisotopic (exact) mass is 342 g/mol. The molecular weight excluding hydrogens is 320 g/mol. The number of Topliss-reactive ketones (excluding diaryl/α,β-unsaturated/α-hetero) is 1.